The molecule has 182 valence electrons. The maximum absolute atomic E-state index is 14.8. The van der Waals surface area contributed by atoms with E-state index in [4.69, 9.17) is 4.74 Å². The van der Waals surface area contributed by atoms with Crippen LogP contribution in [0, 0.1) is 16.7 Å². The van der Waals surface area contributed by atoms with Gasteiger partial charge in [-0.1, -0.05) is 81.1 Å². The zero-order valence-electron chi connectivity index (χ0n) is 21.1. The van der Waals surface area contributed by atoms with Crippen molar-refractivity contribution in [1.82, 2.24) is 4.90 Å². The van der Waals surface area contributed by atoms with Crippen LogP contribution in [0.2, 0.25) is 0 Å². The second kappa shape index (κ2) is 6.60. The molecule has 0 radical (unpaired) electrons. The molecule has 2 saturated carbocycles. The number of fused-ring (bicyclic) bond motifs is 2. The fraction of sp³-hybridized carbons (Fsp3) is 0.533. The number of carbonyl (C=O) groups is 2. The number of benzene rings is 2. The third kappa shape index (κ3) is 2.16. The Bertz CT molecular complexity index is 1250. The molecule has 8 rings (SSSR count). The van der Waals surface area contributed by atoms with E-state index in [1.807, 2.05) is 0 Å². The number of hydrogen-bond acceptors (Lipinski definition) is 4. The predicted molar refractivity (Wildman–Crippen MR) is 138 cm³/mol. The first-order valence-electron chi connectivity index (χ1n) is 12.9. The van der Waals surface area contributed by atoms with Crippen LogP contribution in [-0.2, 0) is 20.4 Å². The van der Waals surface area contributed by atoms with Crippen LogP contribution in [0.25, 0.3) is 0 Å². The van der Waals surface area contributed by atoms with Crippen LogP contribution in [0.3, 0.4) is 0 Å². The van der Waals surface area contributed by atoms with Crippen molar-refractivity contribution >= 4 is 22.9 Å². The van der Waals surface area contributed by atoms with E-state index < -0.39 is 10.8 Å². The van der Waals surface area contributed by atoms with Crippen molar-refractivity contribution in [2.24, 2.45) is 16.7 Å². The Balaban J connectivity index is 1.46. The Morgan fingerprint density at radius 3 is 2.00 bits per heavy atom. The van der Waals surface area contributed by atoms with E-state index in [9.17, 15) is 9.59 Å². The maximum Gasteiger partial charge on any atom is 0.289 e. The van der Waals surface area contributed by atoms with Gasteiger partial charge in [-0.3, -0.25) is 14.5 Å². The molecule has 3 fully saturated rings. The minimum absolute atomic E-state index is 0.00619. The molecular weight excluding hydrogens is 454 g/mol. The molecule has 5 atom stereocenters. The number of carbonyl (C=O) groups excluding carboxylic acids is 2. The van der Waals surface area contributed by atoms with Gasteiger partial charge in [0, 0.05) is 23.2 Å². The summed E-state index contributed by atoms with van der Waals surface area (Å²) in [4.78, 5) is 30.5. The highest BCUT2D eigenvalue weighted by molar-refractivity contribution is 8.14. The minimum atomic E-state index is -0.648. The van der Waals surface area contributed by atoms with Gasteiger partial charge in [0.1, 0.15) is 0 Å². The Kier molecular flexibility index (Phi) is 4.17. The van der Waals surface area contributed by atoms with E-state index >= 15 is 0 Å². The number of ether oxygens (including phenoxy) is 1. The summed E-state index contributed by atoms with van der Waals surface area (Å²) in [6.07, 6.45) is 2.60. The highest BCUT2D eigenvalue weighted by Crippen LogP contribution is 2.70. The third-order valence-corrected chi connectivity index (χ3v) is 12.6. The molecule has 0 N–H and O–H groups in total. The van der Waals surface area contributed by atoms with Crippen LogP contribution >= 0.6 is 11.8 Å². The molecule has 1 aliphatic heterocycles. The number of hydrogen-bond donors (Lipinski definition) is 0. The van der Waals surface area contributed by atoms with Crippen LogP contribution in [-0.4, -0.2) is 40.6 Å². The minimum Gasteiger partial charge on any atom is -0.380 e. The van der Waals surface area contributed by atoms with Crippen molar-refractivity contribution in [3.63, 3.8) is 0 Å². The molecule has 4 nitrogen and oxygen atoms in total. The van der Waals surface area contributed by atoms with Crippen molar-refractivity contribution in [2.45, 2.75) is 75.2 Å². The first-order valence-corrected chi connectivity index (χ1v) is 13.8. The summed E-state index contributed by atoms with van der Waals surface area (Å²) in [5, 5.41) is -0.105. The third-order valence-electron chi connectivity index (χ3n) is 11.2. The molecule has 5 aliphatic carbocycles. The second-order valence-corrected chi connectivity index (χ2v) is 13.4. The molecule has 4 bridgehead atoms. The lowest BCUT2D eigenvalue weighted by molar-refractivity contribution is -0.155. The van der Waals surface area contributed by atoms with Gasteiger partial charge < -0.3 is 4.74 Å². The van der Waals surface area contributed by atoms with Gasteiger partial charge >= 0.3 is 0 Å². The van der Waals surface area contributed by atoms with Gasteiger partial charge in [0.05, 0.1) is 17.6 Å². The Hall–Kier alpha value is -2.11. The van der Waals surface area contributed by atoms with Gasteiger partial charge in [0.25, 0.3) is 5.24 Å². The summed E-state index contributed by atoms with van der Waals surface area (Å²) in [6.45, 7) is 9.01. The number of thioether (sulfide) groups is 1. The van der Waals surface area contributed by atoms with E-state index in [-0.39, 0.29) is 39.4 Å². The van der Waals surface area contributed by atoms with Crippen LogP contribution in [0.15, 0.2) is 48.5 Å². The number of rotatable bonds is 2. The zero-order valence-corrected chi connectivity index (χ0v) is 21.9. The Labute approximate surface area is 211 Å². The lowest BCUT2D eigenvalue weighted by Crippen LogP contribution is -2.68. The van der Waals surface area contributed by atoms with Crippen molar-refractivity contribution in [3.8, 4) is 0 Å². The second-order valence-electron chi connectivity index (χ2n) is 12.3. The normalized spacial score (nSPS) is 41.6. The van der Waals surface area contributed by atoms with Gasteiger partial charge in [-0.15, -0.1) is 0 Å². The number of amides is 2. The predicted octanol–water partition coefficient (Wildman–Crippen LogP) is 5.90. The van der Waals surface area contributed by atoms with E-state index in [1.54, 1.807) is 12.0 Å². The molecular formula is C30H33NO3S. The first-order chi connectivity index (χ1) is 16.6. The number of nitrogens with zero attached hydrogens (tertiary/aromatic N) is 1. The van der Waals surface area contributed by atoms with Crippen molar-refractivity contribution in [2.75, 3.05) is 7.11 Å². The molecule has 0 spiro atoms. The monoisotopic (exact) mass is 487 g/mol. The molecule has 1 saturated heterocycles. The molecule has 0 aromatic heterocycles. The number of methoxy groups -OCH3 is 1. The van der Waals surface area contributed by atoms with Crippen LogP contribution in [0.5, 0.6) is 0 Å². The Morgan fingerprint density at radius 2 is 1.49 bits per heavy atom. The first kappa shape index (κ1) is 22.1. The highest BCUT2D eigenvalue weighted by atomic mass is 32.2. The summed E-state index contributed by atoms with van der Waals surface area (Å²) >= 11 is 1.39. The van der Waals surface area contributed by atoms with Crippen LogP contribution < -0.4 is 0 Å². The molecule has 5 heteroatoms. The fourth-order valence-electron chi connectivity index (χ4n) is 9.31. The summed E-state index contributed by atoms with van der Waals surface area (Å²) in [5.41, 5.74) is 3.47. The molecule has 1 heterocycles. The Morgan fingerprint density at radius 1 is 0.943 bits per heavy atom. The van der Waals surface area contributed by atoms with Gasteiger partial charge in [-0.25, -0.2) is 0 Å². The number of imide groups is 1. The topological polar surface area (TPSA) is 46.6 Å². The molecule has 35 heavy (non-hydrogen) atoms. The zero-order chi connectivity index (χ0) is 24.5. The van der Waals surface area contributed by atoms with Gasteiger partial charge in [0.15, 0.2) is 0 Å². The molecule has 6 aliphatic rings. The SMILES string of the molecule is CO[C@@H]1CC2CCC1(C(=O)N1C(=O)S[C@@H]3[C@H]1C1(C)c4ccccc4C3(C)c3ccccc31)C2(C)C. The van der Waals surface area contributed by atoms with Crippen molar-refractivity contribution in [3.05, 3.63) is 70.8 Å². The lowest BCUT2D eigenvalue weighted by Gasteiger charge is -2.60. The average molecular weight is 488 g/mol. The lowest BCUT2D eigenvalue weighted by atomic mass is 9.47. The van der Waals surface area contributed by atoms with Gasteiger partial charge in [-0.05, 0) is 59.8 Å². The van der Waals surface area contributed by atoms with Gasteiger partial charge in [0.2, 0.25) is 5.91 Å². The van der Waals surface area contributed by atoms with Crippen molar-refractivity contribution in [1.29, 1.82) is 0 Å². The fourth-order valence-corrected chi connectivity index (χ4v) is 10.8. The smallest absolute Gasteiger partial charge is 0.289 e. The average Bonchev–Trinajstić information content (AvgIpc) is 3.43. The largest absolute Gasteiger partial charge is 0.380 e. The molecule has 2 amide bonds. The van der Waals surface area contributed by atoms with Crippen molar-refractivity contribution < 1.29 is 14.3 Å². The summed E-state index contributed by atoms with van der Waals surface area (Å²) < 4.78 is 5.99. The summed E-state index contributed by atoms with van der Waals surface area (Å²) in [5.74, 6) is 0.460. The maximum atomic E-state index is 14.8. The molecule has 2 aromatic rings. The summed E-state index contributed by atoms with van der Waals surface area (Å²) in [7, 11) is 1.73. The van der Waals surface area contributed by atoms with E-state index in [1.165, 1.54) is 34.0 Å². The van der Waals surface area contributed by atoms with Crippen LogP contribution in [0.1, 0.15) is 69.2 Å². The van der Waals surface area contributed by atoms with Gasteiger partial charge in [-0.2, -0.15) is 0 Å². The summed E-state index contributed by atoms with van der Waals surface area (Å²) in [6, 6.07) is 17.1. The van der Waals surface area contributed by atoms with Crippen LogP contribution in [0.4, 0.5) is 4.79 Å². The standard InChI is InChI=1S/C30H33NO3S/c1-27(2)17-14-15-30(27,22(16-17)34-5)25(32)31-23-24(35-26(31)33)29(4)20-12-8-6-10-18(20)28(23,3)19-11-7-9-13-21(19)29/h6-13,17,22-24H,14-16H2,1-5H3/t17?,22-,23+,24-,28?,29?,30?/m1/s1. The van der Waals surface area contributed by atoms with E-state index in [0.717, 1.165) is 19.3 Å². The quantitative estimate of drug-likeness (QED) is 0.529. The van der Waals surface area contributed by atoms with E-state index in [2.05, 4.69) is 76.2 Å². The molecule has 2 aromatic carbocycles. The highest BCUT2D eigenvalue weighted by Gasteiger charge is 2.74. The van der Waals surface area contributed by atoms with E-state index in [0.29, 0.717) is 5.92 Å². The molecule has 2 unspecified atom stereocenters.